The molecular weight excluding hydrogens is 434 g/mol. The summed E-state index contributed by atoms with van der Waals surface area (Å²) < 4.78 is 27.5. The Kier molecular flexibility index (Phi) is 6.67. The molecule has 1 amide bonds. The standard InChI is InChI=1S/C23H28ClN3O3S/c1-25(16-19-7-3-4-8-21(19)24)17-23(28)27-14-11-18-15-20(9-10-22(18)27)31(29,30)26-12-5-2-6-13-26/h3-4,7-10,15H,2,5-6,11-14,16-17H2,1H3. The van der Waals surface area contributed by atoms with Crippen LogP contribution in [0.1, 0.15) is 30.4 Å². The summed E-state index contributed by atoms with van der Waals surface area (Å²) in [6, 6.07) is 12.8. The summed E-state index contributed by atoms with van der Waals surface area (Å²) in [5.74, 6) is -0.0000544. The number of hydrogen-bond donors (Lipinski definition) is 0. The number of benzene rings is 2. The van der Waals surface area contributed by atoms with Crippen LogP contribution in [-0.4, -0.2) is 56.8 Å². The molecule has 1 saturated heterocycles. The number of carbonyl (C=O) groups is 1. The first kappa shape index (κ1) is 22.3. The minimum Gasteiger partial charge on any atom is -0.311 e. The van der Waals surface area contributed by atoms with Crippen molar-refractivity contribution >= 4 is 33.2 Å². The normalized spacial score (nSPS) is 17.2. The highest BCUT2D eigenvalue weighted by molar-refractivity contribution is 7.89. The van der Waals surface area contributed by atoms with Gasteiger partial charge >= 0.3 is 0 Å². The molecule has 8 heteroatoms. The number of sulfonamides is 1. The van der Waals surface area contributed by atoms with E-state index in [4.69, 9.17) is 11.6 Å². The lowest BCUT2D eigenvalue weighted by molar-refractivity contribution is -0.119. The summed E-state index contributed by atoms with van der Waals surface area (Å²) in [7, 11) is -1.57. The van der Waals surface area contributed by atoms with Gasteiger partial charge in [-0.15, -0.1) is 0 Å². The third-order valence-electron chi connectivity index (χ3n) is 6.00. The Morgan fingerprint density at radius 3 is 2.55 bits per heavy atom. The van der Waals surface area contributed by atoms with Crippen molar-refractivity contribution < 1.29 is 13.2 Å². The Labute approximate surface area is 189 Å². The van der Waals surface area contributed by atoms with E-state index in [1.54, 1.807) is 27.4 Å². The van der Waals surface area contributed by atoms with Gasteiger partial charge in [-0.25, -0.2) is 8.42 Å². The van der Waals surface area contributed by atoms with E-state index in [9.17, 15) is 13.2 Å². The topological polar surface area (TPSA) is 60.9 Å². The highest BCUT2D eigenvalue weighted by Gasteiger charge is 2.30. The maximum absolute atomic E-state index is 13.0. The van der Waals surface area contributed by atoms with E-state index in [0.29, 0.717) is 42.5 Å². The first-order valence-corrected chi connectivity index (χ1v) is 12.5. The van der Waals surface area contributed by atoms with Gasteiger partial charge in [0.15, 0.2) is 0 Å². The van der Waals surface area contributed by atoms with Crippen LogP contribution in [0.15, 0.2) is 47.4 Å². The molecule has 2 aliphatic rings. The summed E-state index contributed by atoms with van der Waals surface area (Å²) in [5.41, 5.74) is 2.71. The number of amides is 1. The van der Waals surface area contributed by atoms with Gasteiger partial charge in [-0.2, -0.15) is 4.31 Å². The predicted molar refractivity (Wildman–Crippen MR) is 123 cm³/mol. The van der Waals surface area contributed by atoms with Crippen molar-refractivity contribution in [2.75, 3.05) is 38.1 Å². The number of rotatable bonds is 6. The second-order valence-corrected chi connectivity index (χ2v) is 10.7. The van der Waals surface area contributed by atoms with Crippen molar-refractivity contribution in [2.24, 2.45) is 0 Å². The molecule has 0 radical (unpaired) electrons. The van der Waals surface area contributed by atoms with Crippen molar-refractivity contribution in [1.29, 1.82) is 0 Å². The molecule has 2 aromatic carbocycles. The van der Waals surface area contributed by atoms with Crippen LogP contribution in [0.25, 0.3) is 0 Å². The first-order chi connectivity index (χ1) is 14.9. The smallest absolute Gasteiger partial charge is 0.243 e. The van der Waals surface area contributed by atoms with Gasteiger partial charge in [0.25, 0.3) is 0 Å². The van der Waals surface area contributed by atoms with E-state index in [0.717, 1.165) is 36.1 Å². The monoisotopic (exact) mass is 461 g/mol. The molecule has 0 aliphatic carbocycles. The molecule has 0 N–H and O–H groups in total. The molecule has 0 unspecified atom stereocenters. The number of likely N-dealkylation sites (N-methyl/N-ethyl adjacent to an activating group) is 1. The van der Waals surface area contributed by atoms with E-state index in [2.05, 4.69) is 0 Å². The summed E-state index contributed by atoms with van der Waals surface area (Å²) in [5, 5.41) is 0.691. The van der Waals surface area contributed by atoms with Crippen LogP contribution in [0.4, 0.5) is 5.69 Å². The van der Waals surface area contributed by atoms with E-state index in [1.807, 2.05) is 36.2 Å². The maximum atomic E-state index is 13.0. The largest absolute Gasteiger partial charge is 0.311 e. The fraction of sp³-hybridized carbons (Fsp3) is 0.435. The molecule has 6 nitrogen and oxygen atoms in total. The number of nitrogens with zero attached hydrogens (tertiary/aromatic N) is 3. The number of carbonyl (C=O) groups excluding carboxylic acids is 1. The van der Waals surface area contributed by atoms with Crippen LogP contribution in [0.3, 0.4) is 0 Å². The van der Waals surface area contributed by atoms with Gasteiger partial charge in [0.05, 0.1) is 11.4 Å². The number of halogens is 1. The van der Waals surface area contributed by atoms with Gasteiger partial charge < -0.3 is 4.90 Å². The lowest BCUT2D eigenvalue weighted by Gasteiger charge is -2.26. The molecule has 0 bridgehead atoms. The highest BCUT2D eigenvalue weighted by Crippen LogP contribution is 2.32. The molecule has 31 heavy (non-hydrogen) atoms. The molecule has 166 valence electrons. The van der Waals surface area contributed by atoms with Crippen LogP contribution in [-0.2, 0) is 27.8 Å². The minimum absolute atomic E-state index is 0.0000544. The molecule has 0 atom stereocenters. The zero-order valence-electron chi connectivity index (χ0n) is 17.8. The lowest BCUT2D eigenvalue weighted by atomic mass is 10.2. The summed E-state index contributed by atoms with van der Waals surface area (Å²) in [6.45, 7) is 2.59. The molecular formula is C23H28ClN3O3S. The van der Waals surface area contributed by atoms with Gasteiger partial charge in [0.2, 0.25) is 15.9 Å². The van der Waals surface area contributed by atoms with E-state index in [1.165, 1.54) is 0 Å². The van der Waals surface area contributed by atoms with Crippen molar-refractivity contribution in [3.63, 3.8) is 0 Å². The van der Waals surface area contributed by atoms with Crippen molar-refractivity contribution in [3.8, 4) is 0 Å². The Hall–Kier alpha value is -1.93. The highest BCUT2D eigenvalue weighted by atomic mass is 35.5. The maximum Gasteiger partial charge on any atom is 0.243 e. The molecule has 2 heterocycles. The Bertz CT molecular complexity index is 1070. The lowest BCUT2D eigenvalue weighted by Crippen LogP contribution is -2.38. The van der Waals surface area contributed by atoms with Crippen LogP contribution in [0.2, 0.25) is 5.02 Å². The summed E-state index contributed by atoms with van der Waals surface area (Å²) in [6.07, 6.45) is 3.57. The van der Waals surface area contributed by atoms with Gasteiger partial charge in [-0.05, 0) is 61.7 Å². The third kappa shape index (κ3) is 4.80. The van der Waals surface area contributed by atoms with E-state index < -0.39 is 10.0 Å². The fourth-order valence-corrected chi connectivity index (χ4v) is 6.11. The van der Waals surface area contributed by atoms with Crippen LogP contribution < -0.4 is 4.90 Å². The number of hydrogen-bond acceptors (Lipinski definition) is 4. The molecule has 0 saturated carbocycles. The van der Waals surface area contributed by atoms with Crippen molar-refractivity contribution in [2.45, 2.75) is 37.1 Å². The zero-order chi connectivity index (χ0) is 22.0. The van der Waals surface area contributed by atoms with E-state index >= 15 is 0 Å². The molecule has 0 spiro atoms. The minimum atomic E-state index is -3.47. The van der Waals surface area contributed by atoms with Gasteiger partial charge in [0, 0.05) is 36.9 Å². The quantitative estimate of drug-likeness (QED) is 0.660. The van der Waals surface area contributed by atoms with Crippen LogP contribution in [0.5, 0.6) is 0 Å². The SMILES string of the molecule is CN(CC(=O)N1CCc2cc(S(=O)(=O)N3CCCCC3)ccc21)Cc1ccccc1Cl. The average Bonchev–Trinajstić information content (AvgIpc) is 3.19. The summed E-state index contributed by atoms with van der Waals surface area (Å²) in [4.78, 5) is 17.0. The molecule has 2 aromatic rings. The molecule has 0 aromatic heterocycles. The molecule has 2 aliphatic heterocycles. The van der Waals surface area contributed by atoms with Gasteiger partial charge in [-0.3, -0.25) is 9.69 Å². The second-order valence-electron chi connectivity index (χ2n) is 8.31. The average molecular weight is 462 g/mol. The first-order valence-electron chi connectivity index (χ1n) is 10.7. The van der Waals surface area contributed by atoms with Gasteiger partial charge in [0.1, 0.15) is 0 Å². The Balaban J connectivity index is 1.45. The van der Waals surface area contributed by atoms with Crippen molar-refractivity contribution in [3.05, 3.63) is 58.6 Å². The summed E-state index contributed by atoms with van der Waals surface area (Å²) >= 11 is 6.23. The molecule has 1 fully saturated rings. The van der Waals surface area contributed by atoms with Crippen LogP contribution >= 0.6 is 11.6 Å². The second kappa shape index (κ2) is 9.28. The third-order valence-corrected chi connectivity index (χ3v) is 8.27. The number of anilines is 1. The number of fused-ring (bicyclic) bond motifs is 1. The Morgan fingerprint density at radius 2 is 1.81 bits per heavy atom. The van der Waals surface area contributed by atoms with Crippen LogP contribution in [0, 0.1) is 0 Å². The molecule has 4 rings (SSSR count). The van der Waals surface area contributed by atoms with Crippen molar-refractivity contribution in [1.82, 2.24) is 9.21 Å². The van der Waals surface area contributed by atoms with Gasteiger partial charge in [-0.1, -0.05) is 36.2 Å². The predicted octanol–water partition coefficient (Wildman–Crippen LogP) is 3.54. The fourth-order valence-electron chi connectivity index (χ4n) is 4.34. The Morgan fingerprint density at radius 1 is 1.06 bits per heavy atom. The number of piperidine rings is 1. The van der Waals surface area contributed by atoms with E-state index in [-0.39, 0.29) is 12.5 Å². The zero-order valence-corrected chi connectivity index (χ0v) is 19.3.